The van der Waals surface area contributed by atoms with E-state index in [-0.39, 0.29) is 5.41 Å². The highest BCUT2D eigenvalue weighted by Crippen LogP contribution is 2.49. The topological polar surface area (TPSA) is 0 Å². The quantitative estimate of drug-likeness (QED) is 0.674. The molecule has 2 aromatic rings. The molecule has 1 heteroatoms. The van der Waals surface area contributed by atoms with Gasteiger partial charge in [-0.1, -0.05) is 80.0 Å². The molecule has 0 fully saturated rings. The zero-order valence-corrected chi connectivity index (χ0v) is 11.3. The molecule has 0 heterocycles. The highest BCUT2D eigenvalue weighted by Gasteiger charge is 2.36. The van der Waals surface area contributed by atoms with Crippen LogP contribution in [-0.4, -0.2) is 0 Å². The van der Waals surface area contributed by atoms with E-state index in [1.54, 1.807) is 0 Å². The van der Waals surface area contributed by atoms with Gasteiger partial charge in [-0.2, -0.15) is 0 Å². The van der Waals surface area contributed by atoms with Gasteiger partial charge in [0.15, 0.2) is 0 Å². The molecule has 0 aromatic heterocycles. The third-order valence-electron chi connectivity index (χ3n) is 3.70. The van der Waals surface area contributed by atoms with Crippen molar-refractivity contribution in [3.8, 4) is 0 Å². The minimum Gasteiger partial charge on any atom is -0.0875 e. The number of rotatable bonds is 1. The van der Waals surface area contributed by atoms with Crippen LogP contribution in [-0.2, 0) is 5.41 Å². The lowest BCUT2D eigenvalue weighted by Crippen LogP contribution is -2.14. The van der Waals surface area contributed by atoms with Gasteiger partial charge in [-0.15, -0.1) is 0 Å². The molecule has 2 aromatic carbocycles. The van der Waals surface area contributed by atoms with Gasteiger partial charge in [-0.25, -0.2) is 0 Å². The van der Waals surface area contributed by atoms with Crippen molar-refractivity contribution in [3.05, 3.63) is 76.3 Å². The van der Waals surface area contributed by atoms with Gasteiger partial charge in [-0.05, 0) is 16.7 Å². The fraction of sp³-hybridized carbons (Fsp3) is 0.176. The molecule has 90 valence electrons. The largest absolute Gasteiger partial charge is 0.0875 e. The summed E-state index contributed by atoms with van der Waals surface area (Å²) in [5.41, 5.74) is 4.86. The molecular formula is C17H15Cl. The Labute approximate surface area is 113 Å². The van der Waals surface area contributed by atoms with E-state index in [9.17, 15) is 0 Å². The van der Waals surface area contributed by atoms with Crippen molar-refractivity contribution >= 4 is 17.2 Å². The van der Waals surface area contributed by atoms with Crippen LogP contribution in [0, 0.1) is 0 Å². The summed E-state index contributed by atoms with van der Waals surface area (Å²) in [7, 11) is 0. The van der Waals surface area contributed by atoms with Gasteiger partial charge in [0.1, 0.15) is 0 Å². The van der Waals surface area contributed by atoms with Crippen molar-refractivity contribution in [2.24, 2.45) is 0 Å². The van der Waals surface area contributed by atoms with Crippen molar-refractivity contribution in [2.45, 2.75) is 19.3 Å². The summed E-state index contributed by atoms with van der Waals surface area (Å²) in [5, 5.41) is 0.940. The van der Waals surface area contributed by atoms with Gasteiger partial charge >= 0.3 is 0 Å². The van der Waals surface area contributed by atoms with Crippen LogP contribution in [0.4, 0.5) is 0 Å². The number of allylic oxidation sites excluding steroid dienone is 1. The van der Waals surface area contributed by atoms with E-state index in [2.05, 4.69) is 62.4 Å². The molecule has 1 aliphatic carbocycles. The summed E-state index contributed by atoms with van der Waals surface area (Å²) < 4.78 is 0. The molecule has 0 atom stereocenters. The highest BCUT2D eigenvalue weighted by molar-refractivity contribution is 6.35. The summed E-state index contributed by atoms with van der Waals surface area (Å²) in [6, 6.07) is 18.9. The zero-order valence-electron chi connectivity index (χ0n) is 10.6. The summed E-state index contributed by atoms with van der Waals surface area (Å²) in [6.07, 6.45) is 0. The molecule has 0 nitrogen and oxygen atoms in total. The van der Waals surface area contributed by atoms with Crippen LogP contribution in [0.15, 0.2) is 59.6 Å². The molecule has 0 bridgehead atoms. The number of fused-ring (bicyclic) bond motifs is 1. The second kappa shape index (κ2) is 4.00. The molecule has 0 spiro atoms. The van der Waals surface area contributed by atoms with Crippen LogP contribution in [0.5, 0.6) is 0 Å². The second-order valence-corrected chi connectivity index (χ2v) is 5.60. The summed E-state index contributed by atoms with van der Waals surface area (Å²) in [4.78, 5) is 0. The third kappa shape index (κ3) is 1.53. The van der Waals surface area contributed by atoms with Crippen LogP contribution in [0.1, 0.15) is 30.5 Å². The normalized spacial score (nSPS) is 16.8. The monoisotopic (exact) mass is 254 g/mol. The van der Waals surface area contributed by atoms with Gasteiger partial charge < -0.3 is 0 Å². The van der Waals surface area contributed by atoms with Crippen molar-refractivity contribution in [1.29, 1.82) is 0 Å². The SMILES string of the molecule is CC1(C)C(Cl)=C(c2ccccc2)c2ccccc21. The molecule has 1 aliphatic rings. The molecule has 0 N–H and O–H groups in total. The Morgan fingerprint density at radius 3 is 2.17 bits per heavy atom. The first-order valence-electron chi connectivity index (χ1n) is 6.18. The van der Waals surface area contributed by atoms with Crippen LogP contribution in [0.25, 0.3) is 5.57 Å². The maximum atomic E-state index is 6.65. The van der Waals surface area contributed by atoms with E-state index >= 15 is 0 Å². The van der Waals surface area contributed by atoms with Crippen molar-refractivity contribution < 1.29 is 0 Å². The van der Waals surface area contributed by atoms with E-state index < -0.39 is 0 Å². The lowest BCUT2D eigenvalue weighted by atomic mass is 9.87. The highest BCUT2D eigenvalue weighted by atomic mass is 35.5. The molecule has 0 saturated heterocycles. The minimum absolute atomic E-state index is 0.0939. The predicted octanol–water partition coefficient (Wildman–Crippen LogP) is 4.98. The van der Waals surface area contributed by atoms with Crippen LogP contribution >= 0.6 is 11.6 Å². The standard InChI is InChI=1S/C17H15Cl/c1-17(2)14-11-7-6-10-13(14)15(16(17)18)12-8-4-3-5-9-12/h3-11H,1-2H3. The molecular weight excluding hydrogens is 240 g/mol. The average molecular weight is 255 g/mol. The lowest BCUT2D eigenvalue weighted by molar-refractivity contribution is 0.669. The van der Waals surface area contributed by atoms with E-state index in [1.165, 1.54) is 22.3 Å². The lowest BCUT2D eigenvalue weighted by Gasteiger charge is -2.20. The van der Waals surface area contributed by atoms with Gasteiger partial charge in [0.2, 0.25) is 0 Å². The van der Waals surface area contributed by atoms with Crippen molar-refractivity contribution in [2.75, 3.05) is 0 Å². The van der Waals surface area contributed by atoms with E-state index in [0.29, 0.717) is 0 Å². The third-order valence-corrected chi connectivity index (χ3v) is 4.36. The smallest absolute Gasteiger partial charge is 0.0365 e. The van der Waals surface area contributed by atoms with Gasteiger partial charge in [0, 0.05) is 16.0 Å². The predicted molar refractivity (Wildman–Crippen MR) is 77.8 cm³/mol. The van der Waals surface area contributed by atoms with Gasteiger partial charge in [0.25, 0.3) is 0 Å². The fourth-order valence-electron chi connectivity index (χ4n) is 2.68. The van der Waals surface area contributed by atoms with E-state index in [4.69, 9.17) is 11.6 Å². The number of hydrogen-bond donors (Lipinski definition) is 0. The maximum Gasteiger partial charge on any atom is 0.0365 e. The minimum atomic E-state index is -0.0939. The molecule has 18 heavy (non-hydrogen) atoms. The first kappa shape index (κ1) is 11.6. The molecule has 0 radical (unpaired) electrons. The van der Waals surface area contributed by atoms with E-state index in [0.717, 1.165) is 5.03 Å². The fourth-order valence-corrected chi connectivity index (χ4v) is 2.99. The second-order valence-electron chi connectivity index (χ2n) is 5.23. The first-order chi connectivity index (χ1) is 8.62. The van der Waals surface area contributed by atoms with Crippen LogP contribution in [0.3, 0.4) is 0 Å². The van der Waals surface area contributed by atoms with Gasteiger partial charge in [-0.3, -0.25) is 0 Å². The average Bonchev–Trinajstić information content (AvgIpc) is 2.60. The Balaban J connectivity index is 2.30. The summed E-state index contributed by atoms with van der Waals surface area (Å²) >= 11 is 6.65. The van der Waals surface area contributed by atoms with Crippen molar-refractivity contribution in [3.63, 3.8) is 0 Å². The first-order valence-corrected chi connectivity index (χ1v) is 6.55. The number of benzene rings is 2. The van der Waals surface area contributed by atoms with Gasteiger partial charge in [0.05, 0.1) is 0 Å². The summed E-state index contributed by atoms with van der Waals surface area (Å²) in [5.74, 6) is 0. The van der Waals surface area contributed by atoms with Crippen molar-refractivity contribution in [1.82, 2.24) is 0 Å². The Kier molecular flexibility index (Phi) is 2.57. The molecule has 3 rings (SSSR count). The Morgan fingerprint density at radius 2 is 1.44 bits per heavy atom. The maximum absolute atomic E-state index is 6.65. The van der Waals surface area contributed by atoms with E-state index in [1.807, 2.05) is 6.07 Å². The Hall–Kier alpha value is -1.53. The number of hydrogen-bond acceptors (Lipinski definition) is 0. The Morgan fingerprint density at radius 1 is 0.833 bits per heavy atom. The molecule has 0 aliphatic heterocycles. The molecule has 0 amide bonds. The zero-order chi connectivity index (χ0) is 12.8. The molecule has 0 unspecified atom stereocenters. The molecule has 0 saturated carbocycles. The van der Waals surface area contributed by atoms with Crippen LogP contribution in [0.2, 0.25) is 0 Å². The van der Waals surface area contributed by atoms with Crippen LogP contribution < -0.4 is 0 Å². The summed E-state index contributed by atoms with van der Waals surface area (Å²) in [6.45, 7) is 4.37. The Bertz CT molecular complexity index is 621. The number of halogens is 1.